The summed E-state index contributed by atoms with van der Waals surface area (Å²) in [5.74, 6) is 0.489. The van der Waals surface area contributed by atoms with E-state index in [0.29, 0.717) is 5.41 Å². The third kappa shape index (κ3) is 2.05. The maximum Gasteiger partial charge on any atom is 0.228 e. The van der Waals surface area contributed by atoms with Gasteiger partial charge in [0.25, 0.3) is 0 Å². The van der Waals surface area contributed by atoms with Crippen LogP contribution >= 0.6 is 0 Å². The van der Waals surface area contributed by atoms with Crippen LogP contribution in [0.1, 0.15) is 36.8 Å². The summed E-state index contributed by atoms with van der Waals surface area (Å²) in [6.45, 7) is 2.14. The molecule has 1 aromatic carbocycles. The second-order valence-electron chi connectivity index (χ2n) is 6.70. The van der Waals surface area contributed by atoms with Crippen molar-refractivity contribution in [3.05, 3.63) is 29.3 Å². The number of piperidine rings is 1. The molecule has 0 radical (unpaired) electrons. The summed E-state index contributed by atoms with van der Waals surface area (Å²) in [5.41, 5.74) is 4.21. The number of amides is 1. The molecule has 1 aromatic rings. The topological polar surface area (TPSA) is 41.1 Å². The summed E-state index contributed by atoms with van der Waals surface area (Å²) in [5, 5.41) is 6.53. The van der Waals surface area contributed by atoms with Crippen LogP contribution in [0, 0.1) is 11.3 Å². The molecule has 1 heterocycles. The van der Waals surface area contributed by atoms with E-state index in [1.165, 1.54) is 24.0 Å². The van der Waals surface area contributed by atoms with Gasteiger partial charge < -0.3 is 10.6 Å². The van der Waals surface area contributed by atoms with Gasteiger partial charge in [0.1, 0.15) is 0 Å². The van der Waals surface area contributed by atoms with E-state index >= 15 is 0 Å². The van der Waals surface area contributed by atoms with Crippen molar-refractivity contribution < 1.29 is 4.79 Å². The SMILES string of the molecule is O=C(Nc1ccc2c(c1)CCC2)C1CC12CCNCC2. The average molecular weight is 270 g/mol. The second-order valence-corrected chi connectivity index (χ2v) is 6.70. The molecular weight excluding hydrogens is 248 g/mol. The van der Waals surface area contributed by atoms with E-state index in [0.717, 1.165) is 44.5 Å². The largest absolute Gasteiger partial charge is 0.326 e. The molecule has 20 heavy (non-hydrogen) atoms. The predicted octanol–water partition coefficient (Wildman–Crippen LogP) is 2.50. The molecule has 1 atom stereocenters. The molecule has 1 saturated carbocycles. The normalized spacial score (nSPS) is 26.3. The summed E-state index contributed by atoms with van der Waals surface area (Å²) in [6, 6.07) is 6.43. The van der Waals surface area contributed by atoms with E-state index in [1.807, 2.05) is 0 Å². The van der Waals surface area contributed by atoms with E-state index in [1.54, 1.807) is 0 Å². The Bertz CT molecular complexity index is 546. The van der Waals surface area contributed by atoms with Gasteiger partial charge in [0.15, 0.2) is 0 Å². The van der Waals surface area contributed by atoms with Crippen LogP contribution in [0.3, 0.4) is 0 Å². The van der Waals surface area contributed by atoms with Gasteiger partial charge in [-0.25, -0.2) is 0 Å². The Kier molecular flexibility index (Phi) is 2.84. The number of nitrogens with one attached hydrogen (secondary N) is 2. The molecule has 4 rings (SSSR count). The van der Waals surface area contributed by atoms with Gasteiger partial charge in [-0.05, 0) is 80.3 Å². The summed E-state index contributed by atoms with van der Waals surface area (Å²) in [7, 11) is 0. The van der Waals surface area contributed by atoms with Gasteiger partial charge in [0.2, 0.25) is 5.91 Å². The van der Waals surface area contributed by atoms with Crippen LogP contribution in [0.5, 0.6) is 0 Å². The number of aryl methyl sites for hydroxylation is 2. The molecule has 3 nitrogen and oxygen atoms in total. The number of benzene rings is 1. The first-order chi connectivity index (χ1) is 9.77. The third-order valence-electron chi connectivity index (χ3n) is 5.47. The lowest BCUT2D eigenvalue weighted by atomic mass is 9.92. The van der Waals surface area contributed by atoms with Crippen LogP contribution in [0.25, 0.3) is 0 Å². The van der Waals surface area contributed by atoms with E-state index in [4.69, 9.17) is 0 Å². The molecule has 106 valence electrons. The number of hydrogen-bond donors (Lipinski definition) is 2. The average Bonchev–Trinajstić information content (AvgIpc) is 2.96. The molecule has 1 spiro atoms. The van der Waals surface area contributed by atoms with Crippen molar-refractivity contribution in [3.63, 3.8) is 0 Å². The van der Waals surface area contributed by atoms with Crippen molar-refractivity contribution in [2.45, 2.75) is 38.5 Å². The molecule has 2 N–H and O–H groups in total. The van der Waals surface area contributed by atoms with Gasteiger partial charge in [-0.15, -0.1) is 0 Å². The first-order valence-corrected chi connectivity index (χ1v) is 7.90. The fourth-order valence-corrected chi connectivity index (χ4v) is 4.07. The van der Waals surface area contributed by atoms with Crippen LogP contribution < -0.4 is 10.6 Å². The molecule has 0 aromatic heterocycles. The number of fused-ring (bicyclic) bond motifs is 1. The molecule has 1 amide bonds. The summed E-state index contributed by atoms with van der Waals surface area (Å²) >= 11 is 0. The minimum absolute atomic E-state index is 0.241. The minimum Gasteiger partial charge on any atom is -0.326 e. The van der Waals surface area contributed by atoms with Crippen molar-refractivity contribution in [1.29, 1.82) is 0 Å². The van der Waals surface area contributed by atoms with Gasteiger partial charge >= 0.3 is 0 Å². The lowest BCUT2D eigenvalue weighted by Crippen LogP contribution is -2.31. The Morgan fingerprint density at radius 2 is 2.00 bits per heavy atom. The maximum atomic E-state index is 12.4. The molecule has 2 fully saturated rings. The first-order valence-electron chi connectivity index (χ1n) is 7.90. The van der Waals surface area contributed by atoms with Crippen LogP contribution in [0.4, 0.5) is 5.69 Å². The van der Waals surface area contributed by atoms with Crippen molar-refractivity contribution >= 4 is 11.6 Å². The fraction of sp³-hybridized carbons (Fsp3) is 0.588. The van der Waals surface area contributed by atoms with Gasteiger partial charge in [-0.3, -0.25) is 4.79 Å². The highest BCUT2D eigenvalue weighted by Crippen LogP contribution is 2.58. The zero-order valence-electron chi connectivity index (χ0n) is 11.9. The van der Waals surface area contributed by atoms with Crippen molar-refractivity contribution in [2.75, 3.05) is 18.4 Å². The molecule has 3 heteroatoms. The maximum absolute atomic E-state index is 12.4. The van der Waals surface area contributed by atoms with Crippen LogP contribution in [-0.2, 0) is 17.6 Å². The highest BCUT2D eigenvalue weighted by atomic mass is 16.2. The van der Waals surface area contributed by atoms with Crippen LogP contribution in [-0.4, -0.2) is 19.0 Å². The molecule has 1 unspecified atom stereocenters. The van der Waals surface area contributed by atoms with Crippen molar-refractivity contribution in [1.82, 2.24) is 5.32 Å². The van der Waals surface area contributed by atoms with E-state index in [9.17, 15) is 4.79 Å². The third-order valence-corrected chi connectivity index (χ3v) is 5.47. The van der Waals surface area contributed by atoms with Gasteiger partial charge in [-0.1, -0.05) is 6.07 Å². The van der Waals surface area contributed by atoms with E-state index in [-0.39, 0.29) is 11.8 Å². The minimum atomic E-state index is 0.241. The van der Waals surface area contributed by atoms with Crippen LogP contribution in [0.2, 0.25) is 0 Å². The van der Waals surface area contributed by atoms with Gasteiger partial charge in [0, 0.05) is 11.6 Å². The molecular formula is C17H22N2O. The number of carbonyl (C=O) groups excluding carboxylic acids is 1. The highest BCUT2D eigenvalue weighted by Gasteiger charge is 2.57. The Balaban J connectivity index is 1.43. The number of hydrogen-bond acceptors (Lipinski definition) is 2. The molecule has 0 bridgehead atoms. The molecule has 2 aliphatic carbocycles. The molecule has 1 saturated heterocycles. The van der Waals surface area contributed by atoms with E-state index in [2.05, 4.69) is 28.8 Å². The summed E-state index contributed by atoms with van der Waals surface area (Å²) in [6.07, 6.45) is 7.03. The first kappa shape index (κ1) is 12.4. The zero-order valence-corrected chi connectivity index (χ0v) is 11.9. The lowest BCUT2D eigenvalue weighted by Gasteiger charge is -2.23. The standard InChI is InChI=1S/C17H22N2O/c20-16(15-11-17(15)6-8-18-9-7-17)19-14-5-4-12-2-1-3-13(12)10-14/h4-5,10,15,18H,1-3,6-9,11H2,(H,19,20). The Morgan fingerprint density at radius 3 is 2.85 bits per heavy atom. The van der Waals surface area contributed by atoms with Gasteiger partial charge in [-0.2, -0.15) is 0 Å². The second kappa shape index (κ2) is 4.59. The zero-order chi connectivity index (χ0) is 13.6. The number of carbonyl (C=O) groups is 1. The Hall–Kier alpha value is -1.35. The van der Waals surface area contributed by atoms with Crippen LogP contribution in [0.15, 0.2) is 18.2 Å². The smallest absolute Gasteiger partial charge is 0.228 e. The monoisotopic (exact) mass is 270 g/mol. The number of rotatable bonds is 2. The number of anilines is 1. The quantitative estimate of drug-likeness (QED) is 0.867. The fourth-order valence-electron chi connectivity index (χ4n) is 4.07. The van der Waals surface area contributed by atoms with Crippen molar-refractivity contribution in [3.8, 4) is 0 Å². The Morgan fingerprint density at radius 1 is 1.20 bits per heavy atom. The summed E-state index contributed by atoms with van der Waals surface area (Å²) in [4.78, 5) is 12.4. The molecule has 1 aliphatic heterocycles. The van der Waals surface area contributed by atoms with Gasteiger partial charge in [0.05, 0.1) is 0 Å². The van der Waals surface area contributed by atoms with Crippen molar-refractivity contribution in [2.24, 2.45) is 11.3 Å². The lowest BCUT2D eigenvalue weighted by molar-refractivity contribution is -0.118. The Labute approximate surface area is 120 Å². The summed E-state index contributed by atoms with van der Waals surface area (Å²) < 4.78 is 0. The van der Waals surface area contributed by atoms with E-state index < -0.39 is 0 Å². The predicted molar refractivity (Wildman–Crippen MR) is 79.7 cm³/mol. The molecule has 3 aliphatic rings. The highest BCUT2D eigenvalue weighted by molar-refractivity contribution is 5.95.